The molecule has 0 saturated heterocycles. The molecule has 1 atom stereocenters. The van der Waals surface area contributed by atoms with Crippen LogP contribution in [0.15, 0.2) is 0 Å². The van der Waals surface area contributed by atoms with Crippen LogP contribution in [0.3, 0.4) is 0 Å². The van der Waals surface area contributed by atoms with Crippen molar-refractivity contribution in [1.82, 2.24) is 0 Å². The van der Waals surface area contributed by atoms with Crippen molar-refractivity contribution >= 4 is 27.4 Å². The van der Waals surface area contributed by atoms with Gasteiger partial charge in [-0.05, 0) is 25.5 Å². The molecule has 0 N–H and O–H groups in total. The Bertz CT molecular complexity index is 148. The predicted molar refractivity (Wildman–Crippen MR) is 69.0 cm³/mol. The quantitative estimate of drug-likeness (QED) is 0.437. The van der Waals surface area contributed by atoms with Crippen molar-refractivity contribution < 1.29 is 4.79 Å². The number of ketones is 1. The highest BCUT2D eigenvalue weighted by atomic mass is 33.1. The molecule has 14 heavy (non-hydrogen) atoms. The van der Waals surface area contributed by atoms with Gasteiger partial charge in [0.15, 0.2) is 0 Å². The van der Waals surface area contributed by atoms with Crippen molar-refractivity contribution in [1.29, 1.82) is 0 Å². The highest BCUT2D eigenvalue weighted by Crippen LogP contribution is 2.29. The maximum absolute atomic E-state index is 11.0. The number of hydrogen-bond donors (Lipinski definition) is 0. The van der Waals surface area contributed by atoms with Crippen molar-refractivity contribution in [2.75, 3.05) is 6.26 Å². The van der Waals surface area contributed by atoms with Crippen molar-refractivity contribution in [3.05, 3.63) is 0 Å². The van der Waals surface area contributed by atoms with Crippen molar-refractivity contribution in [2.45, 2.75) is 57.6 Å². The summed E-state index contributed by atoms with van der Waals surface area (Å²) in [6.45, 7) is 4.19. The van der Waals surface area contributed by atoms with E-state index in [0.29, 0.717) is 12.2 Å². The third-order valence-electron chi connectivity index (χ3n) is 2.31. The minimum atomic E-state index is 0.413. The summed E-state index contributed by atoms with van der Waals surface area (Å²) < 4.78 is 0. The van der Waals surface area contributed by atoms with Crippen LogP contribution in [0.2, 0.25) is 0 Å². The normalized spacial score (nSPS) is 12.8. The van der Waals surface area contributed by atoms with Crippen LogP contribution in [0, 0.1) is 0 Å². The topological polar surface area (TPSA) is 17.1 Å². The van der Waals surface area contributed by atoms with E-state index in [-0.39, 0.29) is 0 Å². The molecule has 0 saturated carbocycles. The first-order valence-electron chi connectivity index (χ1n) is 5.45. The van der Waals surface area contributed by atoms with E-state index in [0.717, 1.165) is 18.1 Å². The second-order valence-electron chi connectivity index (χ2n) is 3.43. The van der Waals surface area contributed by atoms with Crippen molar-refractivity contribution in [2.24, 2.45) is 0 Å². The Hall–Kier alpha value is 0.370. The summed E-state index contributed by atoms with van der Waals surface area (Å²) in [4.78, 5) is 11.0. The zero-order chi connectivity index (χ0) is 10.8. The molecule has 0 aromatic carbocycles. The van der Waals surface area contributed by atoms with Gasteiger partial charge in [0.2, 0.25) is 0 Å². The van der Waals surface area contributed by atoms with Gasteiger partial charge in [-0.25, -0.2) is 0 Å². The Morgan fingerprint density at radius 3 is 2.50 bits per heavy atom. The molecule has 0 heterocycles. The predicted octanol–water partition coefficient (Wildman–Crippen LogP) is 4.32. The molecule has 0 rings (SSSR count). The van der Waals surface area contributed by atoms with E-state index in [9.17, 15) is 4.79 Å². The lowest BCUT2D eigenvalue weighted by Gasteiger charge is -2.11. The van der Waals surface area contributed by atoms with Crippen LogP contribution in [0.5, 0.6) is 0 Å². The molecule has 0 aliphatic heterocycles. The third kappa shape index (κ3) is 7.74. The molecule has 0 radical (unpaired) electrons. The van der Waals surface area contributed by atoms with E-state index < -0.39 is 0 Å². The second-order valence-corrected chi connectivity index (χ2v) is 6.20. The van der Waals surface area contributed by atoms with Gasteiger partial charge in [0.1, 0.15) is 5.78 Å². The van der Waals surface area contributed by atoms with Gasteiger partial charge in [-0.1, -0.05) is 41.9 Å². The zero-order valence-corrected chi connectivity index (χ0v) is 11.2. The molecule has 0 bridgehead atoms. The van der Waals surface area contributed by atoms with Gasteiger partial charge < -0.3 is 0 Å². The molecule has 0 amide bonds. The molecule has 0 aromatic rings. The molecule has 0 aromatic heterocycles. The minimum absolute atomic E-state index is 0.413. The fourth-order valence-corrected chi connectivity index (χ4v) is 3.51. The number of unbranched alkanes of at least 4 members (excludes halogenated alkanes) is 1. The van der Waals surface area contributed by atoms with Gasteiger partial charge in [-0.3, -0.25) is 4.79 Å². The molecule has 0 spiro atoms. The molecule has 1 nitrogen and oxygen atoms in total. The van der Waals surface area contributed by atoms with Crippen LogP contribution < -0.4 is 0 Å². The van der Waals surface area contributed by atoms with Gasteiger partial charge in [0, 0.05) is 18.1 Å². The maximum Gasteiger partial charge on any atom is 0.132 e. The highest BCUT2D eigenvalue weighted by molar-refractivity contribution is 8.76. The summed E-state index contributed by atoms with van der Waals surface area (Å²) in [5, 5.41) is 0.779. The molecular weight excluding hydrogens is 212 g/mol. The average Bonchev–Trinajstić information content (AvgIpc) is 2.22. The molecule has 1 unspecified atom stereocenters. The highest BCUT2D eigenvalue weighted by Gasteiger charge is 2.06. The monoisotopic (exact) mass is 234 g/mol. The minimum Gasteiger partial charge on any atom is -0.300 e. The number of carbonyl (C=O) groups is 1. The van der Waals surface area contributed by atoms with Gasteiger partial charge in [-0.2, -0.15) is 0 Å². The van der Waals surface area contributed by atoms with Crippen molar-refractivity contribution in [3.63, 3.8) is 0 Å². The Labute approximate surface area is 96.2 Å². The third-order valence-corrected chi connectivity index (χ3v) is 4.74. The summed E-state index contributed by atoms with van der Waals surface area (Å²) in [7, 11) is 3.83. The summed E-state index contributed by atoms with van der Waals surface area (Å²) in [5.74, 6) is 0.413. The zero-order valence-electron chi connectivity index (χ0n) is 9.54. The summed E-state index contributed by atoms with van der Waals surface area (Å²) in [6.07, 6.45) is 8.42. The number of Topliss-reactive ketones (excluding diaryl/α,β-unsaturated/α-hetero) is 1. The largest absolute Gasteiger partial charge is 0.300 e. The lowest BCUT2D eigenvalue weighted by Crippen LogP contribution is -2.00. The van der Waals surface area contributed by atoms with Crippen molar-refractivity contribution in [3.8, 4) is 0 Å². The van der Waals surface area contributed by atoms with Crippen LogP contribution >= 0.6 is 21.6 Å². The summed E-state index contributed by atoms with van der Waals surface area (Å²) in [5.41, 5.74) is 0. The van der Waals surface area contributed by atoms with E-state index in [1.165, 1.54) is 19.3 Å². The first-order valence-corrected chi connectivity index (χ1v) is 8.07. The van der Waals surface area contributed by atoms with Gasteiger partial charge in [0.05, 0.1) is 0 Å². The lowest BCUT2D eigenvalue weighted by atomic mass is 10.1. The van der Waals surface area contributed by atoms with Gasteiger partial charge >= 0.3 is 0 Å². The SMILES string of the molecule is CCC(=O)CCCCC(CC)SSC. The van der Waals surface area contributed by atoms with Gasteiger partial charge in [-0.15, -0.1) is 0 Å². The molecule has 0 fully saturated rings. The molecule has 84 valence electrons. The first kappa shape index (κ1) is 14.4. The molecule has 0 aliphatic rings. The Balaban J connectivity index is 3.37. The Morgan fingerprint density at radius 1 is 1.29 bits per heavy atom. The lowest BCUT2D eigenvalue weighted by molar-refractivity contribution is -0.118. The van der Waals surface area contributed by atoms with E-state index >= 15 is 0 Å². The molecular formula is C11H22OS2. The Kier molecular flexibility index (Phi) is 10.2. The van der Waals surface area contributed by atoms with E-state index in [2.05, 4.69) is 13.2 Å². The fourth-order valence-electron chi connectivity index (χ4n) is 1.33. The number of rotatable bonds is 9. The average molecular weight is 234 g/mol. The summed E-state index contributed by atoms with van der Waals surface area (Å²) in [6, 6.07) is 0. The summed E-state index contributed by atoms with van der Waals surface area (Å²) >= 11 is 0. The second kappa shape index (κ2) is 9.91. The Morgan fingerprint density at radius 2 is 2.00 bits per heavy atom. The van der Waals surface area contributed by atoms with E-state index in [1.807, 2.05) is 28.5 Å². The van der Waals surface area contributed by atoms with Crippen LogP contribution in [0.1, 0.15) is 52.4 Å². The number of carbonyl (C=O) groups excluding carboxylic acids is 1. The standard InChI is InChI=1S/C11H22OS2/c1-4-10(12)8-6-7-9-11(5-2)14-13-3/h11H,4-9H2,1-3H3. The van der Waals surface area contributed by atoms with E-state index in [4.69, 9.17) is 0 Å². The fraction of sp³-hybridized carbons (Fsp3) is 0.909. The first-order chi connectivity index (χ1) is 6.74. The van der Waals surface area contributed by atoms with Crippen LogP contribution in [-0.4, -0.2) is 17.3 Å². The van der Waals surface area contributed by atoms with E-state index in [1.54, 1.807) is 0 Å². The van der Waals surface area contributed by atoms with Crippen LogP contribution in [0.4, 0.5) is 0 Å². The maximum atomic E-state index is 11.0. The molecule has 3 heteroatoms. The smallest absolute Gasteiger partial charge is 0.132 e. The van der Waals surface area contributed by atoms with Crippen LogP contribution in [0.25, 0.3) is 0 Å². The molecule has 0 aliphatic carbocycles. The number of hydrogen-bond acceptors (Lipinski definition) is 3. The van der Waals surface area contributed by atoms with Crippen LogP contribution in [-0.2, 0) is 4.79 Å². The van der Waals surface area contributed by atoms with Gasteiger partial charge in [0.25, 0.3) is 0 Å².